The average Bonchev–Trinajstić information content (AvgIpc) is 2.53. The fourth-order valence-electron chi connectivity index (χ4n) is 1.03. The first kappa shape index (κ1) is 6.84. The Morgan fingerprint density at radius 2 is 2.50 bits per heavy atom. The summed E-state index contributed by atoms with van der Waals surface area (Å²) < 4.78 is 1.51. The van der Waals surface area contributed by atoms with E-state index < -0.39 is 5.97 Å². The molecule has 62 valence electrons. The molecule has 2 heterocycles. The van der Waals surface area contributed by atoms with Crippen LogP contribution in [0.1, 0.15) is 10.5 Å². The number of hydrogen-bond acceptors (Lipinski definition) is 3. The van der Waals surface area contributed by atoms with Crippen molar-refractivity contribution < 1.29 is 9.90 Å². The molecule has 0 aliphatic carbocycles. The minimum atomic E-state index is -0.993. The Labute approximate surface area is 66.8 Å². The third kappa shape index (κ3) is 0.777. The van der Waals surface area contributed by atoms with Gasteiger partial charge in [-0.1, -0.05) is 5.21 Å². The number of aryl methyl sites for hydroxylation is 1. The van der Waals surface area contributed by atoms with Gasteiger partial charge in [-0.05, 0) is 6.07 Å². The largest absolute Gasteiger partial charge is 0.477 e. The summed E-state index contributed by atoms with van der Waals surface area (Å²) in [6, 6.07) is 1.50. The van der Waals surface area contributed by atoms with Crippen molar-refractivity contribution in [2.75, 3.05) is 0 Å². The lowest BCUT2D eigenvalue weighted by Gasteiger charge is -1.84. The number of rotatable bonds is 1. The Balaban J connectivity index is 2.70. The molecule has 2 rings (SSSR count). The van der Waals surface area contributed by atoms with E-state index in [0.717, 1.165) is 0 Å². The second-order valence-electron chi connectivity index (χ2n) is 2.44. The Bertz CT molecular complexity index is 441. The van der Waals surface area contributed by atoms with Crippen molar-refractivity contribution >= 4 is 17.1 Å². The standard InChI is InChI=1S/C6H6N4O2/c1-10-4-2-3(6(11)12)7-5(4)8-9-10/h2,7H,1H3,(H,11,12). The lowest BCUT2D eigenvalue weighted by Crippen LogP contribution is -1.96. The molecule has 0 aliphatic rings. The third-order valence-corrected chi connectivity index (χ3v) is 1.63. The minimum Gasteiger partial charge on any atom is -0.477 e. The van der Waals surface area contributed by atoms with Gasteiger partial charge in [0.25, 0.3) is 0 Å². The maximum atomic E-state index is 10.5. The normalized spacial score (nSPS) is 10.8. The van der Waals surface area contributed by atoms with E-state index in [-0.39, 0.29) is 5.69 Å². The van der Waals surface area contributed by atoms with Gasteiger partial charge in [0.05, 0.1) is 0 Å². The molecular weight excluding hydrogens is 160 g/mol. The Morgan fingerprint density at radius 3 is 3.08 bits per heavy atom. The first-order valence-corrected chi connectivity index (χ1v) is 3.30. The van der Waals surface area contributed by atoms with Crippen molar-refractivity contribution in [3.8, 4) is 0 Å². The van der Waals surface area contributed by atoms with Crippen LogP contribution in [0.4, 0.5) is 0 Å². The molecule has 0 amide bonds. The predicted octanol–water partition coefficient (Wildman–Crippen LogP) is -0.00540. The Morgan fingerprint density at radius 1 is 1.75 bits per heavy atom. The molecule has 0 bridgehead atoms. The molecule has 0 saturated heterocycles. The highest BCUT2D eigenvalue weighted by atomic mass is 16.4. The van der Waals surface area contributed by atoms with Crippen molar-refractivity contribution in [2.45, 2.75) is 0 Å². The maximum absolute atomic E-state index is 10.5. The van der Waals surface area contributed by atoms with E-state index in [0.29, 0.717) is 11.2 Å². The van der Waals surface area contributed by atoms with Gasteiger partial charge >= 0.3 is 5.97 Å². The Kier molecular flexibility index (Phi) is 1.18. The van der Waals surface area contributed by atoms with Gasteiger partial charge < -0.3 is 10.1 Å². The highest BCUT2D eigenvalue weighted by Crippen LogP contribution is 2.10. The number of aromatic carboxylic acids is 1. The molecule has 0 radical (unpaired) electrons. The van der Waals surface area contributed by atoms with Crippen molar-refractivity contribution in [3.05, 3.63) is 11.8 Å². The molecule has 0 fully saturated rings. The smallest absolute Gasteiger partial charge is 0.352 e. The summed E-state index contributed by atoms with van der Waals surface area (Å²) in [4.78, 5) is 13.1. The first-order chi connectivity index (χ1) is 5.68. The zero-order valence-electron chi connectivity index (χ0n) is 6.27. The number of fused-ring (bicyclic) bond motifs is 1. The molecule has 0 aromatic carbocycles. The quantitative estimate of drug-likeness (QED) is 0.624. The topological polar surface area (TPSA) is 83.8 Å². The molecule has 0 spiro atoms. The van der Waals surface area contributed by atoms with Crippen LogP contribution in [0.3, 0.4) is 0 Å². The van der Waals surface area contributed by atoms with Crippen LogP contribution in [0.5, 0.6) is 0 Å². The fourth-order valence-corrected chi connectivity index (χ4v) is 1.03. The number of carboxylic acid groups (broad SMARTS) is 1. The zero-order chi connectivity index (χ0) is 8.72. The molecule has 2 aromatic rings. The predicted molar refractivity (Wildman–Crippen MR) is 39.8 cm³/mol. The molecule has 0 unspecified atom stereocenters. The van der Waals surface area contributed by atoms with Gasteiger partial charge in [-0.3, -0.25) is 0 Å². The molecule has 0 atom stereocenters. The summed E-state index contributed by atoms with van der Waals surface area (Å²) in [5.74, 6) is -0.993. The highest BCUT2D eigenvalue weighted by molar-refractivity contribution is 5.91. The second kappa shape index (κ2) is 2.07. The van der Waals surface area contributed by atoms with Gasteiger partial charge in [0.15, 0.2) is 5.65 Å². The van der Waals surface area contributed by atoms with Crippen LogP contribution in [0.25, 0.3) is 11.2 Å². The molecule has 2 aromatic heterocycles. The summed E-state index contributed by atoms with van der Waals surface area (Å²) in [6.45, 7) is 0. The van der Waals surface area contributed by atoms with Crippen molar-refractivity contribution in [2.24, 2.45) is 7.05 Å². The third-order valence-electron chi connectivity index (χ3n) is 1.63. The van der Waals surface area contributed by atoms with Gasteiger partial charge in [-0.25, -0.2) is 9.48 Å². The maximum Gasteiger partial charge on any atom is 0.352 e. The molecule has 2 N–H and O–H groups in total. The molecule has 6 heteroatoms. The highest BCUT2D eigenvalue weighted by Gasteiger charge is 2.10. The van der Waals surface area contributed by atoms with E-state index >= 15 is 0 Å². The number of aromatic nitrogens is 4. The second-order valence-corrected chi connectivity index (χ2v) is 2.44. The van der Waals surface area contributed by atoms with Crippen LogP contribution in [0, 0.1) is 0 Å². The van der Waals surface area contributed by atoms with Crippen LogP contribution in [0.15, 0.2) is 6.07 Å². The van der Waals surface area contributed by atoms with Gasteiger partial charge in [-0.2, -0.15) is 0 Å². The van der Waals surface area contributed by atoms with Crippen LogP contribution >= 0.6 is 0 Å². The van der Waals surface area contributed by atoms with Gasteiger partial charge in [-0.15, -0.1) is 5.10 Å². The summed E-state index contributed by atoms with van der Waals surface area (Å²) >= 11 is 0. The van der Waals surface area contributed by atoms with E-state index in [4.69, 9.17) is 5.11 Å². The number of aromatic amines is 1. The van der Waals surface area contributed by atoms with Crippen molar-refractivity contribution in [1.29, 1.82) is 0 Å². The number of nitrogens with zero attached hydrogens (tertiary/aromatic N) is 3. The van der Waals surface area contributed by atoms with Gasteiger partial charge in [0.2, 0.25) is 0 Å². The Hall–Kier alpha value is -1.85. The van der Waals surface area contributed by atoms with Crippen LogP contribution in [-0.2, 0) is 7.05 Å². The number of H-pyrrole nitrogens is 1. The lowest BCUT2D eigenvalue weighted by molar-refractivity contribution is 0.0691. The van der Waals surface area contributed by atoms with Gasteiger partial charge in [0, 0.05) is 7.05 Å². The van der Waals surface area contributed by atoms with E-state index in [1.54, 1.807) is 7.05 Å². The van der Waals surface area contributed by atoms with Crippen LogP contribution in [0.2, 0.25) is 0 Å². The monoisotopic (exact) mass is 166 g/mol. The van der Waals surface area contributed by atoms with E-state index in [1.165, 1.54) is 10.7 Å². The number of hydrogen-bond donors (Lipinski definition) is 2. The molecule has 0 aliphatic heterocycles. The molecular formula is C6H6N4O2. The number of nitrogens with one attached hydrogen (secondary N) is 1. The lowest BCUT2D eigenvalue weighted by atomic mass is 10.4. The number of carboxylic acids is 1. The minimum absolute atomic E-state index is 0.130. The van der Waals surface area contributed by atoms with E-state index in [9.17, 15) is 4.79 Å². The average molecular weight is 166 g/mol. The number of carbonyl (C=O) groups is 1. The van der Waals surface area contributed by atoms with Crippen LogP contribution in [-0.4, -0.2) is 31.1 Å². The first-order valence-electron chi connectivity index (χ1n) is 3.30. The summed E-state index contributed by atoms with van der Waals surface area (Å²) in [5, 5.41) is 16.0. The SMILES string of the molecule is Cn1nnc2[nH]c(C(=O)O)cc21. The van der Waals surface area contributed by atoms with Crippen molar-refractivity contribution in [3.63, 3.8) is 0 Å². The van der Waals surface area contributed by atoms with E-state index in [1.807, 2.05) is 0 Å². The van der Waals surface area contributed by atoms with Crippen molar-refractivity contribution in [1.82, 2.24) is 20.0 Å². The summed E-state index contributed by atoms with van der Waals surface area (Å²) in [5.41, 5.74) is 1.31. The van der Waals surface area contributed by atoms with Gasteiger partial charge in [0.1, 0.15) is 11.2 Å². The van der Waals surface area contributed by atoms with E-state index in [2.05, 4.69) is 15.3 Å². The molecule has 12 heavy (non-hydrogen) atoms. The summed E-state index contributed by atoms with van der Waals surface area (Å²) in [6.07, 6.45) is 0. The van der Waals surface area contributed by atoms with Crippen LogP contribution < -0.4 is 0 Å². The fraction of sp³-hybridized carbons (Fsp3) is 0.167. The summed E-state index contributed by atoms with van der Waals surface area (Å²) in [7, 11) is 1.70. The zero-order valence-corrected chi connectivity index (χ0v) is 6.27. The molecule has 0 saturated carbocycles. The molecule has 6 nitrogen and oxygen atoms in total.